The van der Waals surface area contributed by atoms with Crippen LogP contribution in [0.15, 0.2) is 22.6 Å². The van der Waals surface area contributed by atoms with Gasteiger partial charge in [-0.15, -0.1) is 0 Å². The zero-order valence-corrected chi connectivity index (χ0v) is 14.3. The fourth-order valence-corrected chi connectivity index (χ4v) is 4.01. The second-order valence-corrected chi connectivity index (χ2v) is 6.80. The van der Waals surface area contributed by atoms with E-state index in [2.05, 4.69) is 5.32 Å². The van der Waals surface area contributed by atoms with E-state index in [0.29, 0.717) is 30.0 Å². The maximum absolute atomic E-state index is 13.2. The Bertz CT molecular complexity index is 767. The molecule has 1 aromatic heterocycles. The van der Waals surface area contributed by atoms with Gasteiger partial charge < -0.3 is 19.4 Å². The number of fused-ring (bicyclic) bond motifs is 3. The number of carbonyl (C=O) groups excluding carboxylic acids is 1. The molecule has 4 rings (SSSR count). The quantitative estimate of drug-likeness (QED) is 0.940. The van der Waals surface area contributed by atoms with Crippen LogP contribution in [0, 0.1) is 6.92 Å². The van der Waals surface area contributed by atoms with Gasteiger partial charge in [-0.3, -0.25) is 4.79 Å². The highest BCUT2D eigenvalue weighted by Crippen LogP contribution is 2.31. The minimum atomic E-state index is 0.0780. The summed E-state index contributed by atoms with van der Waals surface area (Å²) >= 11 is 0. The molecule has 5 heteroatoms. The molecule has 2 aliphatic rings. The Morgan fingerprint density at radius 2 is 2.17 bits per heavy atom. The summed E-state index contributed by atoms with van der Waals surface area (Å²) in [5.41, 5.74) is 1.43. The van der Waals surface area contributed by atoms with E-state index in [1.54, 1.807) is 0 Å². The zero-order valence-electron chi connectivity index (χ0n) is 14.3. The Balaban J connectivity index is 1.68. The summed E-state index contributed by atoms with van der Waals surface area (Å²) < 4.78 is 11.4. The third-order valence-electron chi connectivity index (χ3n) is 5.17. The molecule has 128 valence electrons. The first kappa shape index (κ1) is 15.5. The highest BCUT2D eigenvalue weighted by molar-refractivity contribution is 6.07. The van der Waals surface area contributed by atoms with E-state index in [1.807, 2.05) is 36.9 Å². The number of hydrogen-bond donors (Lipinski definition) is 1. The average Bonchev–Trinajstić information content (AvgIpc) is 3.05. The first-order valence-corrected chi connectivity index (χ1v) is 8.87. The molecule has 0 saturated carbocycles. The van der Waals surface area contributed by atoms with Crippen LogP contribution >= 0.6 is 0 Å². The maximum Gasteiger partial charge on any atom is 0.258 e. The van der Waals surface area contributed by atoms with Crippen LogP contribution < -0.4 is 10.1 Å². The van der Waals surface area contributed by atoms with Crippen molar-refractivity contribution in [2.45, 2.75) is 45.2 Å². The zero-order chi connectivity index (χ0) is 16.7. The lowest BCUT2D eigenvalue weighted by Gasteiger charge is -2.24. The van der Waals surface area contributed by atoms with Crippen molar-refractivity contribution in [1.29, 1.82) is 0 Å². The molecule has 0 spiro atoms. The van der Waals surface area contributed by atoms with Crippen LogP contribution in [0.25, 0.3) is 11.0 Å². The molecule has 5 nitrogen and oxygen atoms in total. The number of aryl methyl sites for hydroxylation is 1. The maximum atomic E-state index is 13.2. The van der Waals surface area contributed by atoms with Crippen molar-refractivity contribution in [3.05, 3.63) is 29.5 Å². The minimum Gasteiger partial charge on any atom is -0.494 e. The van der Waals surface area contributed by atoms with Crippen LogP contribution in [0.4, 0.5) is 0 Å². The lowest BCUT2D eigenvalue weighted by molar-refractivity contribution is 0.0748. The number of nitrogens with zero attached hydrogens (tertiary/aromatic N) is 1. The summed E-state index contributed by atoms with van der Waals surface area (Å²) in [6.07, 6.45) is 3.42. The second-order valence-electron chi connectivity index (χ2n) is 6.80. The van der Waals surface area contributed by atoms with Gasteiger partial charge >= 0.3 is 0 Å². The average molecular weight is 328 g/mol. The molecule has 2 aromatic rings. The van der Waals surface area contributed by atoms with Gasteiger partial charge in [0.1, 0.15) is 17.1 Å². The van der Waals surface area contributed by atoms with Crippen molar-refractivity contribution < 1.29 is 13.9 Å². The van der Waals surface area contributed by atoms with Crippen molar-refractivity contribution in [3.8, 4) is 5.75 Å². The molecule has 1 amide bonds. The first-order chi connectivity index (χ1) is 11.7. The van der Waals surface area contributed by atoms with Gasteiger partial charge in [0.2, 0.25) is 0 Å². The van der Waals surface area contributed by atoms with Gasteiger partial charge in [-0.1, -0.05) is 0 Å². The monoisotopic (exact) mass is 328 g/mol. The van der Waals surface area contributed by atoms with Gasteiger partial charge in [-0.05, 0) is 51.3 Å². The molecule has 2 atom stereocenters. The third-order valence-corrected chi connectivity index (χ3v) is 5.17. The molecular formula is C19H24N2O3. The Labute approximate surface area is 141 Å². The number of carbonyl (C=O) groups is 1. The Morgan fingerprint density at radius 3 is 3.00 bits per heavy atom. The van der Waals surface area contributed by atoms with Crippen LogP contribution in [0.5, 0.6) is 5.75 Å². The first-order valence-electron chi connectivity index (χ1n) is 8.87. The molecule has 2 aliphatic heterocycles. The molecule has 0 radical (unpaired) electrons. The lowest BCUT2D eigenvalue weighted by Crippen LogP contribution is -2.39. The van der Waals surface area contributed by atoms with Crippen molar-refractivity contribution in [2.24, 2.45) is 0 Å². The predicted octanol–water partition coefficient (Wildman–Crippen LogP) is 3.11. The Kier molecular flexibility index (Phi) is 3.96. The molecule has 0 unspecified atom stereocenters. The van der Waals surface area contributed by atoms with E-state index in [9.17, 15) is 4.79 Å². The van der Waals surface area contributed by atoms with Crippen molar-refractivity contribution in [2.75, 3.05) is 19.7 Å². The molecule has 2 saturated heterocycles. The summed E-state index contributed by atoms with van der Waals surface area (Å²) in [4.78, 5) is 15.2. The number of nitrogens with one attached hydrogen (secondary N) is 1. The highest BCUT2D eigenvalue weighted by Gasteiger charge is 2.33. The number of benzene rings is 1. The van der Waals surface area contributed by atoms with Crippen molar-refractivity contribution >= 4 is 16.9 Å². The Morgan fingerprint density at radius 1 is 1.33 bits per heavy atom. The van der Waals surface area contributed by atoms with E-state index >= 15 is 0 Å². The molecule has 2 bridgehead atoms. The summed E-state index contributed by atoms with van der Waals surface area (Å²) in [7, 11) is 0. The van der Waals surface area contributed by atoms with E-state index in [-0.39, 0.29) is 5.91 Å². The third kappa shape index (κ3) is 2.67. The highest BCUT2D eigenvalue weighted by atomic mass is 16.5. The summed E-state index contributed by atoms with van der Waals surface area (Å²) in [6.45, 7) is 6.02. The van der Waals surface area contributed by atoms with Crippen LogP contribution in [-0.4, -0.2) is 42.6 Å². The van der Waals surface area contributed by atoms with E-state index in [0.717, 1.165) is 42.6 Å². The van der Waals surface area contributed by atoms with Crippen molar-refractivity contribution in [1.82, 2.24) is 10.2 Å². The largest absolute Gasteiger partial charge is 0.494 e. The molecule has 2 fully saturated rings. The minimum absolute atomic E-state index is 0.0780. The molecule has 1 aromatic carbocycles. The molecule has 3 heterocycles. The van der Waals surface area contributed by atoms with Crippen LogP contribution in [0.1, 0.15) is 42.3 Å². The molecule has 1 N–H and O–H groups in total. The van der Waals surface area contributed by atoms with Gasteiger partial charge in [-0.25, -0.2) is 0 Å². The number of likely N-dealkylation sites (tertiary alicyclic amines) is 1. The van der Waals surface area contributed by atoms with Crippen molar-refractivity contribution in [3.63, 3.8) is 0 Å². The molecule has 24 heavy (non-hydrogen) atoms. The van der Waals surface area contributed by atoms with Gasteiger partial charge in [0.25, 0.3) is 5.91 Å². The van der Waals surface area contributed by atoms with E-state index < -0.39 is 0 Å². The van der Waals surface area contributed by atoms with Gasteiger partial charge in [-0.2, -0.15) is 0 Å². The number of ether oxygens (including phenoxy) is 1. The molecular weight excluding hydrogens is 304 g/mol. The summed E-state index contributed by atoms with van der Waals surface area (Å²) in [5.74, 6) is 1.54. The summed E-state index contributed by atoms with van der Waals surface area (Å²) in [5, 5.41) is 4.48. The normalized spacial score (nSPS) is 23.5. The van der Waals surface area contributed by atoms with Crippen LogP contribution in [0.3, 0.4) is 0 Å². The molecule has 0 aliphatic carbocycles. The number of rotatable bonds is 3. The second kappa shape index (κ2) is 6.13. The predicted molar refractivity (Wildman–Crippen MR) is 92.6 cm³/mol. The fraction of sp³-hybridized carbons (Fsp3) is 0.526. The smallest absolute Gasteiger partial charge is 0.258 e. The number of furan rings is 1. The van der Waals surface area contributed by atoms with Crippen LogP contribution in [0.2, 0.25) is 0 Å². The number of amides is 1. The van der Waals surface area contributed by atoms with Gasteiger partial charge in [0.15, 0.2) is 0 Å². The standard InChI is InChI=1S/C19H24N2O3/c1-3-23-15-6-7-17-16(10-15)18(12(2)24-17)19(22)21-9-8-13-4-5-14(11-21)20-13/h6-7,10,13-14,20H,3-5,8-9,11H2,1-2H3/t13-,14+/m1/s1. The topological polar surface area (TPSA) is 54.7 Å². The van der Waals surface area contributed by atoms with Crippen LogP contribution in [-0.2, 0) is 0 Å². The summed E-state index contributed by atoms with van der Waals surface area (Å²) in [6, 6.07) is 6.69. The lowest BCUT2D eigenvalue weighted by atomic mass is 10.1. The fourth-order valence-electron chi connectivity index (χ4n) is 4.01. The van der Waals surface area contributed by atoms with E-state index in [1.165, 1.54) is 6.42 Å². The Hall–Kier alpha value is -2.01. The number of hydrogen-bond acceptors (Lipinski definition) is 4. The SMILES string of the molecule is CCOc1ccc2oc(C)c(C(=O)N3CC[C@H]4CC[C@@H](C3)N4)c2c1. The van der Waals surface area contributed by atoms with Gasteiger partial charge in [0, 0.05) is 30.6 Å². The van der Waals surface area contributed by atoms with E-state index in [4.69, 9.17) is 9.15 Å². The van der Waals surface area contributed by atoms with Gasteiger partial charge in [0.05, 0.1) is 12.2 Å².